The number of fused-ring (bicyclic) bond motifs is 1. The van der Waals surface area contributed by atoms with Gasteiger partial charge >= 0.3 is 0 Å². The number of imidazole rings is 1. The molecule has 3 aromatic rings. The number of para-hydroxylation sites is 2. The molecule has 0 amide bonds. The lowest BCUT2D eigenvalue weighted by molar-refractivity contribution is 0.742. The summed E-state index contributed by atoms with van der Waals surface area (Å²) < 4.78 is 0. The van der Waals surface area contributed by atoms with E-state index in [-0.39, 0.29) is 0 Å². The third-order valence-electron chi connectivity index (χ3n) is 3.57. The molecule has 1 aliphatic heterocycles. The van der Waals surface area contributed by atoms with Crippen molar-refractivity contribution in [2.24, 2.45) is 4.99 Å². The van der Waals surface area contributed by atoms with E-state index in [4.69, 9.17) is 0 Å². The molecule has 1 aliphatic rings. The maximum Gasteiger partial charge on any atom is 0.157 e. The quantitative estimate of drug-likeness (QED) is 0.755. The van der Waals surface area contributed by atoms with E-state index in [1.54, 1.807) is 0 Å². The third kappa shape index (κ3) is 2.27. The monoisotopic (exact) mass is 277 g/mol. The molecule has 21 heavy (non-hydrogen) atoms. The molecule has 4 rings (SSSR count). The first-order chi connectivity index (χ1) is 10.4. The second kappa shape index (κ2) is 5.01. The van der Waals surface area contributed by atoms with Crippen molar-refractivity contribution in [3.63, 3.8) is 0 Å². The lowest BCUT2D eigenvalue weighted by Crippen LogP contribution is -2.30. The van der Waals surface area contributed by atoms with E-state index in [0.29, 0.717) is 0 Å². The van der Waals surface area contributed by atoms with Gasteiger partial charge in [-0.05, 0) is 30.7 Å². The molecule has 0 unspecified atom stereocenters. The number of rotatable bonds is 2. The summed E-state index contributed by atoms with van der Waals surface area (Å²) in [6.45, 7) is 1.86. The minimum absolute atomic E-state index is 0.793. The number of nitrogens with one attached hydrogen (secondary N) is 2. The summed E-state index contributed by atoms with van der Waals surface area (Å²) in [5.41, 5.74) is 3.84. The number of aliphatic imine (C=N–C) groups is 1. The summed E-state index contributed by atoms with van der Waals surface area (Å²) in [5, 5.41) is 3.30. The molecular formula is C16H15N5. The van der Waals surface area contributed by atoms with Crippen molar-refractivity contribution >= 4 is 16.9 Å². The van der Waals surface area contributed by atoms with Crippen LogP contribution < -0.4 is 5.32 Å². The molecule has 0 aliphatic carbocycles. The van der Waals surface area contributed by atoms with Gasteiger partial charge < -0.3 is 10.3 Å². The molecule has 0 saturated carbocycles. The second-order valence-electron chi connectivity index (χ2n) is 5.05. The molecule has 0 spiro atoms. The Morgan fingerprint density at radius 2 is 2.00 bits per heavy atom. The highest BCUT2D eigenvalue weighted by molar-refractivity contribution is 5.99. The fourth-order valence-electron chi connectivity index (χ4n) is 2.47. The maximum atomic E-state index is 4.56. The number of nitrogens with zero attached hydrogens (tertiary/aromatic N) is 3. The second-order valence-corrected chi connectivity index (χ2v) is 5.05. The van der Waals surface area contributed by atoms with Crippen molar-refractivity contribution < 1.29 is 0 Å². The SMILES string of the molecule is c1ccc2[nH]c(-c3ccc(C4=NCCCN4)cn3)nc2c1. The summed E-state index contributed by atoms with van der Waals surface area (Å²) in [7, 11) is 0. The van der Waals surface area contributed by atoms with E-state index in [0.717, 1.165) is 53.5 Å². The molecule has 104 valence electrons. The number of pyridine rings is 1. The lowest BCUT2D eigenvalue weighted by Gasteiger charge is -2.14. The molecule has 0 fully saturated rings. The zero-order valence-corrected chi connectivity index (χ0v) is 11.5. The van der Waals surface area contributed by atoms with Crippen LogP contribution in [-0.2, 0) is 0 Å². The Labute approximate surface area is 122 Å². The van der Waals surface area contributed by atoms with Crippen LogP contribution in [0, 0.1) is 0 Å². The van der Waals surface area contributed by atoms with Gasteiger partial charge in [0.2, 0.25) is 0 Å². The van der Waals surface area contributed by atoms with Crippen LogP contribution in [0.3, 0.4) is 0 Å². The highest BCUT2D eigenvalue weighted by atomic mass is 15.0. The Balaban J connectivity index is 1.68. The molecule has 0 atom stereocenters. The van der Waals surface area contributed by atoms with Crippen LogP contribution in [0.1, 0.15) is 12.0 Å². The summed E-state index contributed by atoms with van der Waals surface area (Å²) in [5.74, 6) is 1.73. The summed E-state index contributed by atoms with van der Waals surface area (Å²) in [6.07, 6.45) is 2.94. The van der Waals surface area contributed by atoms with Gasteiger partial charge in [-0.3, -0.25) is 9.98 Å². The molecule has 0 saturated heterocycles. The number of amidine groups is 1. The highest BCUT2D eigenvalue weighted by Crippen LogP contribution is 2.18. The normalized spacial score (nSPS) is 14.8. The topological polar surface area (TPSA) is 66.0 Å². The predicted molar refractivity (Wildman–Crippen MR) is 83.3 cm³/mol. The van der Waals surface area contributed by atoms with Crippen molar-refractivity contribution in [1.29, 1.82) is 0 Å². The average molecular weight is 277 g/mol. The van der Waals surface area contributed by atoms with E-state index < -0.39 is 0 Å². The van der Waals surface area contributed by atoms with E-state index in [1.165, 1.54) is 0 Å². The number of aromatic amines is 1. The summed E-state index contributed by atoms with van der Waals surface area (Å²) >= 11 is 0. The van der Waals surface area contributed by atoms with Gasteiger partial charge in [-0.15, -0.1) is 0 Å². The average Bonchev–Trinajstić information content (AvgIpc) is 3.00. The Morgan fingerprint density at radius 1 is 1.05 bits per heavy atom. The third-order valence-corrected chi connectivity index (χ3v) is 3.57. The lowest BCUT2D eigenvalue weighted by atomic mass is 10.2. The fraction of sp³-hybridized carbons (Fsp3) is 0.188. The number of hydrogen-bond acceptors (Lipinski definition) is 4. The van der Waals surface area contributed by atoms with Gasteiger partial charge in [0.15, 0.2) is 5.82 Å². The van der Waals surface area contributed by atoms with Crippen LogP contribution in [-0.4, -0.2) is 33.9 Å². The Morgan fingerprint density at radius 3 is 2.76 bits per heavy atom. The van der Waals surface area contributed by atoms with Crippen molar-refractivity contribution in [2.75, 3.05) is 13.1 Å². The van der Waals surface area contributed by atoms with Crippen LogP contribution in [0.2, 0.25) is 0 Å². The first-order valence-electron chi connectivity index (χ1n) is 7.10. The first-order valence-corrected chi connectivity index (χ1v) is 7.10. The highest BCUT2D eigenvalue weighted by Gasteiger charge is 2.09. The smallest absolute Gasteiger partial charge is 0.157 e. The van der Waals surface area contributed by atoms with E-state index in [9.17, 15) is 0 Å². The van der Waals surface area contributed by atoms with Gasteiger partial charge in [-0.1, -0.05) is 12.1 Å². The van der Waals surface area contributed by atoms with Crippen LogP contribution in [0.4, 0.5) is 0 Å². The molecule has 5 nitrogen and oxygen atoms in total. The Hall–Kier alpha value is -2.69. The van der Waals surface area contributed by atoms with Gasteiger partial charge in [-0.25, -0.2) is 4.98 Å². The molecule has 2 N–H and O–H groups in total. The van der Waals surface area contributed by atoms with Gasteiger partial charge in [0.05, 0.1) is 11.0 Å². The standard InChI is InChI=1S/C16H15N5/c1-2-5-13-12(4-1)20-16(21-13)14-7-6-11(10-19-14)15-17-8-3-9-18-15/h1-2,4-7,10H,3,8-9H2,(H,17,18)(H,20,21). The van der Waals surface area contributed by atoms with E-state index >= 15 is 0 Å². The van der Waals surface area contributed by atoms with Crippen LogP contribution in [0.25, 0.3) is 22.6 Å². The van der Waals surface area contributed by atoms with Gasteiger partial charge in [-0.2, -0.15) is 0 Å². The van der Waals surface area contributed by atoms with Crippen LogP contribution in [0.5, 0.6) is 0 Å². The minimum atomic E-state index is 0.793. The molecule has 2 aromatic heterocycles. The zero-order valence-electron chi connectivity index (χ0n) is 11.5. The van der Waals surface area contributed by atoms with Gasteiger partial charge in [0.1, 0.15) is 11.5 Å². The molecule has 0 bridgehead atoms. The molecule has 3 heterocycles. The Kier molecular flexibility index (Phi) is 2.88. The van der Waals surface area contributed by atoms with Crippen molar-refractivity contribution in [1.82, 2.24) is 20.3 Å². The zero-order chi connectivity index (χ0) is 14.1. The van der Waals surface area contributed by atoms with E-state index in [2.05, 4.69) is 25.3 Å². The summed E-state index contributed by atoms with van der Waals surface area (Å²) in [6, 6.07) is 12.0. The molecule has 0 radical (unpaired) electrons. The van der Waals surface area contributed by atoms with Crippen LogP contribution >= 0.6 is 0 Å². The largest absolute Gasteiger partial charge is 0.370 e. The van der Waals surface area contributed by atoms with Crippen molar-refractivity contribution in [2.45, 2.75) is 6.42 Å². The number of aromatic nitrogens is 3. The Bertz CT molecular complexity index is 768. The van der Waals surface area contributed by atoms with Gasteiger partial charge in [0.25, 0.3) is 0 Å². The van der Waals surface area contributed by atoms with Crippen molar-refractivity contribution in [3.05, 3.63) is 48.2 Å². The molecule has 5 heteroatoms. The van der Waals surface area contributed by atoms with E-state index in [1.807, 2.05) is 42.6 Å². The maximum absolute atomic E-state index is 4.56. The fourth-order valence-corrected chi connectivity index (χ4v) is 2.47. The minimum Gasteiger partial charge on any atom is -0.370 e. The first kappa shape index (κ1) is 12.1. The van der Waals surface area contributed by atoms with Crippen molar-refractivity contribution in [3.8, 4) is 11.5 Å². The summed E-state index contributed by atoms with van der Waals surface area (Å²) in [4.78, 5) is 16.8. The number of H-pyrrole nitrogens is 1. The van der Waals surface area contributed by atoms with Crippen LogP contribution in [0.15, 0.2) is 47.6 Å². The predicted octanol–water partition coefficient (Wildman–Crippen LogP) is 2.36. The molecule has 1 aromatic carbocycles. The molecular weight excluding hydrogens is 262 g/mol. The number of benzene rings is 1. The number of hydrogen-bond donors (Lipinski definition) is 2. The van der Waals surface area contributed by atoms with Gasteiger partial charge in [0, 0.05) is 24.8 Å².